The van der Waals surface area contributed by atoms with Crippen LogP contribution >= 0.6 is 0 Å². The van der Waals surface area contributed by atoms with E-state index in [0.29, 0.717) is 30.0 Å². The molecule has 1 saturated carbocycles. The molecule has 2 fully saturated rings. The number of H-pyrrole nitrogens is 1. The molecular weight excluding hydrogens is 476 g/mol. The molecule has 1 aliphatic heterocycles. The normalized spacial score (nSPS) is 18.6. The molecule has 2 aromatic heterocycles. The molecule has 3 heterocycles. The first kappa shape index (κ1) is 24.8. The maximum atomic E-state index is 13.7. The van der Waals surface area contributed by atoms with Gasteiger partial charge < -0.3 is 9.72 Å². The van der Waals surface area contributed by atoms with Gasteiger partial charge in [0.25, 0.3) is 5.56 Å². The Morgan fingerprint density at radius 1 is 1.03 bits per heavy atom. The molecule has 1 aliphatic carbocycles. The number of fused-ring (bicyclic) bond motifs is 1. The van der Waals surface area contributed by atoms with Crippen LogP contribution in [0.4, 0.5) is 0 Å². The van der Waals surface area contributed by atoms with Crippen LogP contribution in [-0.4, -0.2) is 49.8 Å². The number of aromatic nitrogens is 5. The molecule has 8 heteroatoms. The number of hydrogen-bond donors (Lipinski definition) is 1. The van der Waals surface area contributed by atoms with Crippen molar-refractivity contribution < 1.29 is 4.74 Å². The van der Waals surface area contributed by atoms with Crippen LogP contribution in [0.1, 0.15) is 74.9 Å². The van der Waals surface area contributed by atoms with Crippen LogP contribution in [0, 0.1) is 5.41 Å². The average Bonchev–Trinajstić information content (AvgIpc) is 3.38. The molecule has 198 valence electrons. The van der Waals surface area contributed by atoms with Crippen LogP contribution in [0.5, 0.6) is 5.75 Å². The number of hydrogen-bond acceptors (Lipinski definition) is 6. The van der Waals surface area contributed by atoms with Crippen LogP contribution in [0.2, 0.25) is 0 Å². The fourth-order valence-corrected chi connectivity index (χ4v) is 6.61. The van der Waals surface area contributed by atoms with Crippen molar-refractivity contribution in [3.8, 4) is 5.75 Å². The van der Waals surface area contributed by atoms with E-state index in [0.717, 1.165) is 41.7 Å². The highest BCUT2D eigenvalue weighted by atomic mass is 16.5. The monoisotopic (exact) mass is 512 g/mol. The Morgan fingerprint density at radius 2 is 1.84 bits per heavy atom. The van der Waals surface area contributed by atoms with E-state index in [1.165, 1.54) is 38.5 Å². The zero-order valence-corrected chi connectivity index (χ0v) is 22.1. The summed E-state index contributed by atoms with van der Waals surface area (Å²) in [5, 5.41) is 14.0. The Bertz CT molecular complexity index is 1430. The zero-order valence-electron chi connectivity index (χ0n) is 22.1. The molecule has 1 saturated heterocycles. The topological polar surface area (TPSA) is 88.9 Å². The first-order valence-corrected chi connectivity index (χ1v) is 14.0. The fourth-order valence-electron chi connectivity index (χ4n) is 6.61. The maximum absolute atomic E-state index is 13.7. The standard InChI is InChI=1S/C30H36N6O2/c1-2-38-24-12-13-26-23(18-24)19-25(29(37)31-26)27(35-17-9-16-30(21-35)14-7-4-8-15-30)28-32-33-34-36(28)20-22-10-5-3-6-11-22/h3,5-6,10-13,18-19,27H,2,4,7-9,14-17,20-21H2,1H3,(H,31,37)/t27-/m0/s1. The summed E-state index contributed by atoms with van der Waals surface area (Å²) < 4.78 is 7.62. The van der Waals surface area contributed by atoms with Gasteiger partial charge in [-0.2, -0.15) is 0 Å². The van der Waals surface area contributed by atoms with E-state index >= 15 is 0 Å². The number of tetrazole rings is 1. The summed E-state index contributed by atoms with van der Waals surface area (Å²) in [7, 11) is 0. The summed E-state index contributed by atoms with van der Waals surface area (Å²) in [6, 6.07) is 17.7. The van der Waals surface area contributed by atoms with Gasteiger partial charge in [-0.05, 0) is 84.8 Å². The lowest BCUT2D eigenvalue weighted by Gasteiger charge is -2.47. The molecule has 1 spiro atoms. The molecule has 0 unspecified atom stereocenters. The van der Waals surface area contributed by atoms with Gasteiger partial charge in [0.1, 0.15) is 11.8 Å². The summed E-state index contributed by atoms with van der Waals surface area (Å²) in [6.45, 7) is 5.00. The van der Waals surface area contributed by atoms with Crippen LogP contribution < -0.4 is 10.3 Å². The van der Waals surface area contributed by atoms with E-state index in [-0.39, 0.29) is 11.6 Å². The predicted molar refractivity (Wildman–Crippen MR) is 147 cm³/mol. The van der Waals surface area contributed by atoms with E-state index in [1.807, 2.05) is 54.1 Å². The summed E-state index contributed by atoms with van der Waals surface area (Å²) in [5.74, 6) is 1.51. The van der Waals surface area contributed by atoms with Gasteiger partial charge in [0, 0.05) is 23.0 Å². The second-order valence-corrected chi connectivity index (χ2v) is 11.0. The molecule has 2 aromatic carbocycles. The van der Waals surface area contributed by atoms with Crippen molar-refractivity contribution in [3.05, 3.63) is 81.9 Å². The molecule has 0 radical (unpaired) electrons. The zero-order chi connectivity index (χ0) is 26.0. The number of nitrogens with one attached hydrogen (secondary N) is 1. The smallest absolute Gasteiger partial charge is 0.253 e. The van der Waals surface area contributed by atoms with Gasteiger partial charge in [0.15, 0.2) is 5.82 Å². The summed E-state index contributed by atoms with van der Waals surface area (Å²) >= 11 is 0. The fraction of sp³-hybridized carbons (Fsp3) is 0.467. The van der Waals surface area contributed by atoms with Crippen LogP contribution in [-0.2, 0) is 6.54 Å². The van der Waals surface area contributed by atoms with Crippen LogP contribution in [0.25, 0.3) is 10.9 Å². The van der Waals surface area contributed by atoms with Gasteiger partial charge in [0.2, 0.25) is 0 Å². The van der Waals surface area contributed by atoms with Crippen molar-refractivity contribution in [1.82, 2.24) is 30.1 Å². The quantitative estimate of drug-likeness (QED) is 0.371. The Morgan fingerprint density at radius 3 is 2.66 bits per heavy atom. The van der Waals surface area contributed by atoms with Crippen molar-refractivity contribution in [1.29, 1.82) is 0 Å². The number of piperidine rings is 1. The van der Waals surface area contributed by atoms with Crippen LogP contribution in [0.3, 0.4) is 0 Å². The van der Waals surface area contributed by atoms with E-state index in [2.05, 4.69) is 37.5 Å². The van der Waals surface area contributed by atoms with E-state index in [1.54, 1.807) is 0 Å². The number of aromatic amines is 1. The lowest BCUT2D eigenvalue weighted by Crippen LogP contribution is -2.47. The Labute approximate surface area is 223 Å². The molecule has 2 aliphatic rings. The highest BCUT2D eigenvalue weighted by Crippen LogP contribution is 2.45. The van der Waals surface area contributed by atoms with Crippen molar-refractivity contribution >= 4 is 10.9 Å². The third-order valence-electron chi connectivity index (χ3n) is 8.40. The molecule has 4 aromatic rings. The maximum Gasteiger partial charge on any atom is 0.253 e. The largest absolute Gasteiger partial charge is 0.494 e. The van der Waals surface area contributed by atoms with E-state index < -0.39 is 0 Å². The second kappa shape index (κ2) is 10.7. The Hall–Kier alpha value is -3.52. The molecule has 1 atom stereocenters. The first-order chi connectivity index (χ1) is 18.6. The summed E-state index contributed by atoms with van der Waals surface area (Å²) in [5.41, 5.74) is 2.83. The highest BCUT2D eigenvalue weighted by Gasteiger charge is 2.41. The van der Waals surface area contributed by atoms with Gasteiger partial charge in [0.05, 0.1) is 13.2 Å². The van der Waals surface area contributed by atoms with Crippen LogP contribution in [0.15, 0.2) is 59.4 Å². The number of benzene rings is 2. The molecule has 6 rings (SSSR count). The third kappa shape index (κ3) is 4.97. The minimum Gasteiger partial charge on any atom is -0.494 e. The highest BCUT2D eigenvalue weighted by molar-refractivity contribution is 5.80. The number of nitrogens with zero attached hydrogens (tertiary/aromatic N) is 5. The third-order valence-corrected chi connectivity index (χ3v) is 8.40. The predicted octanol–water partition coefficient (Wildman–Crippen LogP) is 5.10. The molecule has 38 heavy (non-hydrogen) atoms. The van der Waals surface area contributed by atoms with Crippen molar-refractivity contribution in [2.24, 2.45) is 5.41 Å². The SMILES string of the molecule is CCOc1ccc2[nH]c(=O)c([C@@H](c3nnnn3Cc3ccccc3)N3CCCC4(CCCCC4)C3)cc2c1. The number of ether oxygens (including phenoxy) is 1. The van der Waals surface area contributed by atoms with Gasteiger partial charge in [-0.3, -0.25) is 9.69 Å². The van der Waals surface area contributed by atoms with Gasteiger partial charge >= 0.3 is 0 Å². The molecule has 0 bridgehead atoms. The Kier molecular flexibility index (Phi) is 6.98. The minimum absolute atomic E-state index is 0.0933. The van der Waals surface area contributed by atoms with Crippen molar-refractivity contribution in [3.63, 3.8) is 0 Å². The Balaban J connectivity index is 1.45. The van der Waals surface area contributed by atoms with Crippen molar-refractivity contribution in [2.45, 2.75) is 64.5 Å². The van der Waals surface area contributed by atoms with Gasteiger partial charge in [-0.15, -0.1) is 5.10 Å². The van der Waals surface area contributed by atoms with E-state index in [9.17, 15) is 4.79 Å². The summed E-state index contributed by atoms with van der Waals surface area (Å²) in [4.78, 5) is 19.3. The van der Waals surface area contributed by atoms with Gasteiger partial charge in [-0.25, -0.2) is 4.68 Å². The molecular formula is C30H36N6O2. The molecule has 0 amide bonds. The number of likely N-dealkylation sites (tertiary alicyclic amines) is 1. The number of rotatable bonds is 7. The second-order valence-electron chi connectivity index (χ2n) is 11.0. The van der Waals surface area contributed by atoms with Crippen molar-refractivity contribution in [2.75, 3.05) is 19.7 Å². The van der Waals surface area contributed by atoms with Gasteiger partial charge in [-0.1, -0.05) is 49.6 Å². The summed E-state index contributed by atoms with van der Waals surface area (Å²) in [6.07, 6.45) is 8.82. The minimum atomic E-state index is -0.336. The molecule has 8 nitrogen and oxygen atoms in total. The average molecular weight is 513 g/mol. The molecule has 1 N–H and O–H groups in total. The van der Waals surface area contributed by atoms with E-state index in [4.69, 9.17) is 4.74 Å². The lowest BCUT2D eigenvalue weighted by atomic mass is 9.69. The lowest BCUT2D eigenvalue weighted by molar-refractivity contribution is 0.0340. The first-order valence-electron chi connectivity index (χ1n) is 14.0. The number of pyridine rings is 1.